The highest BCUT2D eigenvalue weighted by Crippen LogP contribution is 2.30. The summed E-state index contributed by atoms with van der Waals surface area (Å²) < 4.78 is 0. The molecule has 3 amide bonds. The molecule has 0 spiro atoms. The number of aliphatic hydroxyl groups is 1. The molecule has 9 heteroatoms. The Balaban J connectivity index is 1.42. The van der Waals surface area contributed by atoms with Crippen molar-refractivity contribution in [3.05, 3.63) is 70.2 Å². The maximum atomic E-state index is 13.7. The van der Waals surface area contributed by atoms with Crippen LogP contribution in [0.15, 0.2) is 48.5 Å². The molecular weight excluding hydrogens is 542 g/mol. The van der Waals surface area contributed by atoms with Crippen LogP contribution in [0.5, 0.6) is 0 Å². The summed E-state index contributed by atoms with van der Waals surface area (Å²) in [5, 5.41) is 23.7. The third kappa shape index (κ3) is 8.94. The Kier molecular flexibility index (Phi) is 11.5. The number of aliphatic hydroxyl groups excluding tert-OH is 1. The Morgan fingerprint density at radius 3 is 2.49 bits per heavy atom. The molecule has 1 saturated carbocycles. The molecule has 2 aromatic carbocycles. The van der Waals surface area contributed by atoms with Crippen LogP contribution in [0.1, 0.15) is 74.5 Å². The highest BCUT2D eigenvalue weighted by atomic mass is 35.5. The van der Waals surface area contributed by atoms with E-state index in [2.05, 4.69) is 17.4 Å². The van der Waals surface area contributed by atoms with Crippen LogP contribution in [0.2, 0.25) is 5.02 Å². The normalized spacial score (nSPS) is 17.2. The molecule has 4 rings (SSSR count). The number of hydrogen-bond acceptors (Lipinski definition) is 4. The predicted octanol–water partition coefficient (Wildman–Crippen LogP) is 5.39. The Bertz CT molecular complexity index is 1190. The van der Waals surface area contributed by atoms with Crippen molar-refractivity contribution in [2.24, 2.45) is 5.92 Å². The van der Waals surface area contributed by atoms with Crippen molar-refractivity contribution in [2.45, 2.75) is 89.4 Å². The molecule has 1 fully saturated rings. The van der Waals surface area contributed by atoms with Gasteiger partial charge in [-0.05, 0) is 60.4 Å². The third-order valence-corrected chi connectivity index (χ3v) is 8.66. The molecule has 2 aromatic rings. The molecule has 8 nitrogen and oxygen atoms in total. The summed E-state index contributed by atoms with van der Waals surface area (Å²) in [6.07, 6.45) is 6.75. The van der Waals surface area contributed by atoms with Gasteiger partial charge >= 0.3 is 6.09 Å². The molecule has 1 aliphatic carbocycles. The Morgan fingerprint density at radius 1 is 1.02 bits per heavy atom. The van der Waals surface area contributed by atoms with Crippen LogP contribution < -0.4 is 5.32 Å². The van der Waals surface area contributed by atoms with Crippen LogP contribution in [0.3, 0.4) is 0 Å². The van der Waals surface area contributed by atoms with Crippen LogP contribution in [0.25, 0.3) is 0 Å². The molecule has 222 valence electrons. The number of benzene rings is 2. The Hall–Kier alpha value is -3.10. The summed E-state index contributed by atoms with van der Waals surface area (Å²) in [7, 11) is 0. The minimum atomic E-state index is -1.18. The number of aryl methyl sites for hydroxylation is 1. The number of carboxylic acid groups (broad SMARTS) is 1. The van der Waals surface area contributed by atoms with Crippen LogP contribution in [0, 0.1) is 5.92 Å². The van der Waals surface area contributed by atoms with E-state index >= 15 is 0 Å². The molecule has 3 N–H and O–H groups in total. The average Bonchev–Trinajstić information content (AvgIpc) is 3.20. The first kappa shape index (κ1) is 30.8. The van der Waals surface area contributed by atoms with Crippen LogP contribution in [-0.4, -0.2) is 63.2 Å². The van der Waals surface area contributed by atoms with Gasteiger partial charge in [0.05, 0.1) is 12.6 Å². The number of hydrogen-bond donors (Lipinski definition) is 3. The molecule has 41 heavy (non-hydrogen) atoms. The van der Waals surface area contributed by atoms with E-state index in [1.165, 1.54) is 10.5 Å². The second-order valence-electron chi connectivity index (χ2n) is 11.4. The molecule has 0 unspecified atom stereocenters. The van der Waals surface area contributed by atoms with E-state index in [0.717, 1.165) is 50.5 Å². The fourth-order valence-corrected chi connectivity index (χ4v) is 6.35. The summed E-state index contributed by atoms with van der Waals surface area (Å²) in [6.45, 7) is 0.925. The van der Waals surface area contributed by atoms with Crippen molar-refractivity contribution in [1.29, 1.82) is 0 Å². The maximum Gasteiger partial charge on any atom is 0.408 e. The first-order valence-corrected chi connectivity index (χ1v) is 15.2. The van der Waals surface area contributed by atoms with Gasteiger partial charge in [-0.3, -0.25) is 14.5 Å². The van der Waals surface area contributed by atoms with E-state index in [-0.39, 0.29) is 37.8 Å². The minimum absolute atomic E-state index is 0.0127. The summed E-state index contributed by atoms with van der Waals surface area (Å²) >= 11 is 6.14. The maximum absolute atomic E-state index is 13.7. The van der Waals surface area contributed by atoms with Crippen LogP contribution in [-0.2, 0) is 29.1 Å². The number of carbonyl (C=O) groups is 3. The number of nitrogens with zero attached hydrogens (tertiary/aromatic N) is 2. The van der Waals surface area contributed by atoms with Gasteiger partial charge in [-0.25, -0.2) is 4.79 Å². The molecule has 0 aromatic heterocycles. The van der Waals surface area contributed by atoms with Gasteiger partial charge in [0.25, 0.3) is 0 Å². The third-order valence-electron chi connectivity index (χ3n) is 8.43. The number of carbonyl (C=O) groups excluding carboxylic acids is 2. The lowest BCUT2D eigenvalue weighted by molar-refractivity contribution is -0.133. The van der Waals surface area contributed by atoms with Gasteiger partial charge in [0.2, 0.25) is 11.8 Å². The van der Waals surface area contributed by atoms with E-state index in [1.807, 2.05) is 17.0 Å². The molecule has 1 heterocycles. The topological polar surface area (TPSA) is 110 Å². The zero-order valence-electron chi connectivity index (χ0n) is 23.6. The predicted molar refractivity (Wildman–Crippen MR) is 158 cm³/mol. The standard InChI is InChI=1S/C32H42ClN3O5/c33-27-14-6-10-24(18-27)20-36(32(40)41)29(19-23-8-2-1-3-9-23)31(39)34-28(22-37)15-16-30(38)35-17-7-13-25-11-4-5-12-26(25)21-35/h4-6,10-12,14,18,23,28-29,37H,1-3,7-9,13,15-17,19-22H2,(H,34,39)(H,40,41)/t28-,29-/m0/s1. The zero-order valence-corrected chi connectivity index (χ0v) is 24.4. The number of rotatable bonds is 11. The molecule has 2 atom stereocenters. The highest BCUT2D eigenvalue weighted by Gasteiger charge is 2.34. The Morgan fingerprint density at radius 2 is 1.78 bits per heavy atom. The lowest BCUT2D eigenvalue weighted by Gasteiger charge is -2.33. The van der Waals surface area contributed by atoms with E-state index < -0.39 is 24.1 Å². The van der Waals surface area contributed by atoms with Gasteiger partial charge in [0.15, 0.2) is 0 Å². The van der Waals surface area contributed by atoms with E-state index in [1.54, 1.807) is 24.3 Å². The smallest absolute Gasteiger partial charge is 0.408 e. The molecule has 1 aliphatic heterocycles. The lowest BCUT2D eigenvalue weighted by Crippen LogP contribution is -2.52. The van der Waals surface area contributed by atoms with Crippen LogP contribution in [0.4, 0.5) is 4.79 Å². The van der Waals surface area contributed by atoms with Gasteiger partial charge in [-0.2, -0.15) is 0 Å². The number of amides is 3. The number of halogens is 1. The van der Waals surface area contributed by atoms with E-state index in [4.69, 9.17) is 11.6 Å². The molecule has 0 radical (unpaired) electrons. The first-order valence-electron chi connectivity index (χ1n) is 14.8. The first-order chi connectivity index (χ1) is 19.8. The number of fused-ring (bicyclic) bond motifs is 1. The lowest BCUT2D eigenvalue weighted by atomic mass is 9.84. The molecule has 0 saturated heterocycles. The quantitative estimate of drug-likeness (QED) is 0.328. The fourth-order valence-electron chi connectivity index (χ4n) is 6.13. The second kappa shape index (κ2) is 15.2. The van der Waals surface area contributed by atoms with Crippen molar-refractivity contribution >= 4 is 29.5 Å². The summed E-state index contributed by atoms with van der Waals surface area (Å²) in [5.74, 6) is -0.197. The Labute approximate surface area is 247 Å². The van der Waals surface area contributed by atoms with Crippen LogP contribution >= 0.6 is 11.6 Å². The van der Waals surface area contributed by atoms with Crippen molar-refractivity contribution in [2.75, 3.05) is 13.2 Å². The van der Waals surface area contributed by atoms with Gasteiger partial charge in [-0.15, -0.1) is 0 Å². The fraction of sp³-hybridized carbons (Fsp3) is 0.531. The van der Waals surface area contributed by atoms with Crippen molar-refractivity contribution in [3.8, 4) is 0 Å². The highest BCUT2D eigenvalue weighted by molar-refractivity contribution is 6.30. The SMILES string of the molecule is O=C(N[C@H](CO)CCC(=O)N1CCCc2ccccc2C1)[C@H](CC1CCCCC1)N(Cc1cccc(Cl)c1)C(=O)O. The molecular formula is C32H42ClN3O5. The summed E-state index contributed by atoms with van der Waals surface area (Å²) in [4.78, 5) is 42.3. The zero-order chi connectivity index (χ0) is 29.2. The average molecular weight is 584 g/mol. The van der Waals surface area contributed by atoms with Gasteiger partial charge < -0.3 is 20.4 Å². The van der Waals surface area contributed by atoms with Gasteiger partial charge in [0, 0.05) is 31.1 Å². The molecule has 2 aliphatic rings. The van der Waals surface area contributed by atoms with Crippen molar-refractivity contribution in [1.82, 2.24) is 15.1 Å². The van der Waals surface area contributed by atoms with Gasteiger partial charge in [-0.1, -0.05) is 80.1 Å². The van der Waals surface area contributed by atoms with Crippen molar-refractivity contribution < 1.29 is 24.6 Å². The summed E-state index contributed by atoms with van der Waals surface area (Å²) in [6, 6.07) is 13.6. The van der Waals surface area contributed by atoms with Crippen molar-refractivity contribution in [3.63, 3.8) is 0 Å². The second-order valence-corrected chi connectivity index (χ2v) is 11.8. The monoisotopic (exact) mass is 583 g/mol. The van der Waals surface area contributed by atoms with E-state index in [0.29, 0.717) is 30.1 Å². The summed E-state index contributed by atoms with van der Waals surface area (Å²) in [5.41, 5.74) is 3.13. The number of nitrogens with one attached hydrogen (secondary N) is 1. The molecule has 0 bridgehead atoms. The van der Waals surface area contributed by atoms with Gasteiger partial charge in [0.1, 0.15) is 6.04 Å². The minimum Gasteiger partial charge on any atom is -0.465 e. The largest absolute Gasteiger partial charge is 0.465 e. The van der Waals surface area contributed by atoms with E-state index in [9.17, 15) is 24.6 Å².